The summed E-state index contributed by atoms with van der Waals surface area (Å²) >= 11 is 0. The van der Waals surface area contributed by atoms with Gasteiger partial charge >= 0.3 is 5.97 Å². The number of hydrogen-bond donors (Lipinski definition) is 2. The number of carboxylic acids is 1. The zero-order chi connectivity index (χ0) is 11.8. The van der Waals surface area contributed by atoms with E-state index in [-0.39, 0.29) is 12.8 Å². The van der Waals surface area contributed by atoms with E-state index in [0.717, 1.165) is 0 Å². The summed E-state index contributed by atoms with van der Waals surface area (Å²) in [6.45, 7) is 0. The molecule has 0 radical (unpaired) electrons. The van der Waals surface area contributed by atoms with Crippen LogP contribution < -0.4 is 0 Å². The van der Waals surface area contributed by atoms with Crippen molar-refractivity contribution < 1.29 is 15.0 Å². The lowest BCUT2D eigenvalue weighted by molar-refractivity contribution is -0.152. The van der Waals surface area contributed by atoms with Crippen molar-refractivity contribution >= 4 is 5.97 Å². The van der Waals surface area contributed by atoms with Crippen molar-refractivity contribution in [1.29, 1.82) is 0 Å². The van der Waals surface area contributed by atoms with E-state index < -0.39 is 17.5 Å². The first-order valence-electron chi connectivity index (χ1n) is 5.08. The van der Waals surface area contributed by atoms with Crippen LogP contribution in [-0.2, 0) is 10.2 Å². The largest absolute Gasteiger partial charge is 0.481 e. The fourth-order valence-corrected chi connectivity index (χ4v) is 2.28. The lowest BCUT2D eigenvalue weighted by Crippen LogP contribution is -2.51. The summed E-state index contributed by atoms with van der Waals surface area (Å²) in [4.78, 5) is 11.3. The predicted octanol–water partition coefficient (Wildman–Crippen LogP) is 1.15. The average molecular weight is 216 g/mol. The third kappa shape index (κ3) is 1.39. The molecule has 3 nitrogen and oxygen atoms in total. The van der Waals surface area contributed by atoms with E-state index in [0.29, 0.717) is 11.1 Å². The van der Waals surface area contributed by atoms with E-state index in [9.17, 15) is 15.0 Å². The Bertz CT molecular complexity index is 464. The molecule has 0 saturated heterocycles. The number of benzene rings is 1. The van der Waals surface area contributed by atoms with Gasteiger partial charge < -0.3 is 10.2 Å². The Morgan fingerprint density at radius 1 is 1.44 bits per heavy atom. The van der Waals surface area contributed by atoms with Gasteiger partial charge in [0, 0.05) is 5.56 Å². The highest BCUT2D eigenvalue weighted by Crippen LogP contribution is 2.45. The summed E-state index contributed by atoms with van der Waals surface area (Å²) in [5.41, 5.74) is 0.231. The van der Waals surface area contributed by atoms with Gasteiger partial charge in [-0.05, 0) is 24.5 Å². The minimum atomic E-state index is -0.998. The molecule has 1 aromatic carbocycles. The maximum Gasteiger partial charge on any atom is 0.314 e. The number of aliphatic hydroxyl groups excluding tert-OH is 1. The standard InChI is InChI=1S/C13H12O3/c1-2-9-5-3-4-6-11(9)13(12(15)16)7-10(14)8-13/h1,3-6,10,14H,7-8H2,(H,15,16). The zero-order valence-corrected chi connectivity index (χ0v) is 8.68. The normalized spacial score (nSPS) is 27.9. The molecule has 0 spiro atoms. The molecular formula is C13H12O3. The summed E-state index contributed by atoms with van der Waals surface area (Å²) < 4.78 is 0. The quantitative estimate of drug-likeness (QED) is 0.729. The first-order valence-corrected chi connectivity index (χ1v) is 5.08. The maximum absolute atomic E-state index is 11.3. The number of terminal acetylenes is 1. The monoisotopic (exact) mass is 216 g/mol. The summed E-state index contributed by atoms with van der Waals surface area (Å²) in [5.74, 6) is 1.58. The van der Waals surface area contributed by atoms with Crippen LogP contribution in [0.25, 0.3) is 0 Å². The number of aliphatic carboxylic acids is 1. The van der Waals surface area contributed by atoms with Gasteiger partial charge in [0.05, 0.1) is 11.5 Å². The van der Waals surface area contributed by atoms with Crippen LogP contribution in [0.2, 0.25) is 0 Å². The summed E-state index contributed by atoms with van der Waals surface area (Å²) in [6, 6.07) is 7.01. The third-order valence-corrected chi connectivity index (χ3v) is 3.18. The van der Waals surface area contributed by atoms with Crippen molar-refractivity contribution in [2.75, 3.05) is 0 Å². The molecule has 2 N–H and O–H groups in total. The van der Waals surface area contributed by atoms with Crippen molar-refractivity contribution in [3.63, 3.8) is 0 Å². The molecule has 1 aliphatic carbocycles. The van der Waals surface area contributed by atoms with Crippen LogP contribution in [-0.4, -0.2) is 22.3 Å². The Labute approximate surface area is 93.7 Å². The van der Waals surface area contributed by atoms with Crippen LogP contribution in [0.15, 0.2) is 24.3 Å². The van der Waals surface area contributed by atoms with Crippen LogP contribution in [0, 0.1) is 12.3 Å². The van der Waals surface area contributed by atoms with Crippen LogP contribution in [0.4, 0.5) is 0 Å². The van der Waals surface area contributed by atoms with Gasteiger partial charge in [0.2, 0.25) is 0 Å². The number of carboxylic acid groups (broad SMARTS) is 1. The SMILES string of the molecule is C#Cc1ccccc1C1(C(=O)O)CC(O)C1. The van der Waals surface area contributed by atoms with Gasteiger partial charge in [-0.2, -0.15) is 0 Å². The molecule has 1 aromatic rings. The van der Waals surface area contributed by atoms with Crippen LogP contribution in [0.3, 0.4) is 0 Å². The molecule has 0 unspecified atom stereocenters. The van der Waals surface area contributed by atoms with Gasteiger partial charge in [-0.1, -0.05) is 24.1 Å². The molecule has 1 aliphatic rings. The van der Waals surface area contributed by atoms with Crippen molar-refractivity contribution in [2.24, 2.45) is 0 Å². The molecule has 2 rings (SSSR count). The smallest absolute Gasteiger partial charge is 0.314 e. The lowest BCUT2D eigenvalue weighted by atomic mass is 9.62. The Hall–Kier alpha value is -1.79. The molecular weight excluding hydrogens is 204 g/mol. The lowest BCUT2D eigenvalue weighted by Gasteiger charge is -2.42. The average Bonchev–Trinajstić information content (AvgIpc) is 2.24. The Morgan fingerprint density at radius 2 is 2.06 bits per heavy atom. The van der Waals surface area contributed by atoms with Crippen molar-refractivity contribution in [1.82, 2.24) is 0 Å². The summed E-state index contributed by atoms with van der Waals surface area (Å²) in [6.07, 6.45) is 5.29. The molecule has 16 heavy (non-hydrogen) atoms. The van der Waals surface area contributed by atoms with E-state index >= 15 is 0 Å². The van der Waals surface area contributed by atoms with Crippen molar-refractivity contribution in [2.45, 2.75) is 24.4 Å². The second-order valence-corrected chi connectivity index (χ2v) is 4.14. The maximum atomic E-state index is 11.3. The fraction of sp³-hybridized carbons (Fsp3) is 0.308. The molecule has 1 saturated carbocycles. The molecule has 0 amide bonds. The molecule has 0 bridgehead atoms. The van der Waals surface area contributed by atoms with Gasteiger partial charge in [-0.15, -0.1) is 6.42 Å². The van der Waals surface area contributed by atoms with E-state index in [1.807, 2.05) is 0 Å². The Kier molecular flexibility index (Phi) is 2.45. The molecule has 3 heteroatoms. The summed E-state index contributed by atoms with van der Waals surface area (Å²) in [5, 5.41) is 18.6. The van der Waals surface area contributed by atoms with E-state index in [4.69, 9.17) is 6.42 Å². The molecule has 0 aliphatic heterocycles. The molecule has 0 atom stereocenters. The molecule has 82 valence electrons. The van der Waals surface area contributed by atoms with Crippen LogP contribution in [0.5, 0.6) is 0 Å². The van der Waals surface area contributed by atoms with Gasteiger partial charge in [-0.3, -0.25) is 4.79 Å². The molecule has 1 fully saturated rings. The van der Waals surface area contributed by atoms with Crippen LogP contribution in [0.1, 0.15) is 24.0 Å². The third-order valence-electron chi connectivity index (χ3n) is 3.18. The number of aliphatic hydroxyl groups is 1. The summed E-state index contributed by atoms with van der Waals surface area (Å²) in [7, 11) is 0. The number of rotatable bonds is 2. The predicted molar refractivity (Wildman–Crippen MR) is 58.9 cm³/mol. The van der Waals surface area contributed by atoms with Gasteiger partial charge in [0.1, 0.15) is 0 Å². The minimum absolute atomic E-state index is 0.237. The zero-order valence-electron chi connectivity index (χ0n) is 8.68. The van der Waals surface area contributed by atoms with Gasteiger partial charge in [-0.25, -0.2) is 0 Å². The number of hydrogen-bond acceptors (Lipinski definition) is 2. The highest BCUT2D eigenvalue weighted by molar-refractivity contribution is 5.84. The highest BCUT2D eigenvalue weighted by atomic mass is 16.4. The highest BCUT2D eigenvalue weighted by Gasteiger charge is 2.52. The van der Waals surface area contributed by atoms with Crippen LogP contribution >= 0.6 is 0 Å². The van der Waals surface area contributed by atoms with E-state index in [2.05, 4.69) is 5.92 Å². The van der Waals surface area contributed by atoms with E-state index in [1.165, 1.54) is 0 Å². The van der Waals surface area contributed by atoms with E-state index in [1.54, 1.807) is 24.3 Å². The Morgan fingerprint density at radius 3 is 2.56 bits per heavy atom. The van der Waals surface area contributed by atoms with Crippen molar-refractivity contribution in [3.05, 3.63) is 35.4 Å². The van der Waals surface area contributed by atoms with Crippen molar-refractivity contribution in [3.8, 4) is 12.3 Å². The first-order chi connectivity index (χ1) is 7.60. The fourth-order valence-electron chi connectivity index (χ4n) is 2.28. The first kappa shape index (κ1) is 10.7. The second-order valence-electron chi connectivity index (χ2n) is 4.14. The van der Waals surface area contributed by atoms with Gasteiger partial charge in [0.25, 0.3) is 0 Å². The molecule has 0 heterocycles. The second kappa shape index (κ2) is 3.66. The minimum Gasteiger partial charge on any atom is -0.481 e. The number of carbonyl (C=O) groups is 1. The Balaban J connectivity index is 2.50. The molecule has 0 aromatic heterocycles. The van der Waals surface area contributed by atoms with Gasteiger partial charge in [0.15, 0.2) is 0 Å². The topological polar surface area (TPSA) is 57.5 Å².